The van der Waals surface area contributed by atoms with E-state index < -0.39 is 0 Å². The molecule has 0 atom stereocenters. The maximum Gasteiger partial charge on any atom is 0.227 e. The van der Waals surface area contributed by atoms with Gasteiger partial charge in [-0.1, -0.05) is 0 Å². The number of likely N-dealkylation sites (N-methyl/N-ethyl adjacent to an activating group) is 1. The molecule has 1 aromatic rings. The molecule has 2 aliphatic rings. The zero-order valence-corrected chi connectivity index (χ0v) is 13.0. The molecule has 3 rings (SSSR count). The molecule has 0 aromatic carbocycles. The van der Waals surface area contributed by atoms with Crippen LogP contribution in [0.1, 0.15) is 9.88 Å². The van der Waals surface area contributed by atoms with Crippen molar-refractivity contribution >= 4 is 17.2 Å². The zero-order chi connectivity index (χ0) is 14.1. The molecule has 0 unspecified atom stereocenters. The zero-order valence-electron chi connectivity index (χ0n) is 12.2. The highest BCUT2D eigenvalue weighted by molar-refractivity contribution is 7.11. The van der Waals surface area contributed by atoms with Gasteiger partial charge in [0.2, 0.25) is 5.91 Å². The molecule has 110 valence electrons. The number of carbonyl (C=O) groups excluding carboxylic acids is 1. The van der Waals surface area contributed by atoms with Crippen LogP contribution < -0.4 is 0 Å². The van der Waals surface area contributed by atoms with Crippen LogP contribution in [-0.2, 0) is 11.2 Å². The van der Waals surface area contributed by atoms with Crippen molar-refractivity contribution in [3.63, 3.8) is 0 Å². The number of thiazole rings is 1. The summed E-state index contributed by atoms with van der Waals surface area (Å²) < 4.78 is 0. The SMILES string of the molecule is Cc1ncc(CC(=O)N2CC(N3CCN(C)CC3)C2)s1. The predicted molar refractivity (Wildman–Crippen MR) is 80.0 cm³/mol. The van der Waals surface area contributed by atoms with Crippen molar-refractivity contribution < 1.29 is 4.79 Å². The third-order valence-corrected chi connectivity index (χ3v) is 5.18. The molecular formula is C14H22N4OS. The average molecular weight is 294 g/mol. The molecule has 0 saturated carbocycles. The largest absolute Gasteiger partial charge is 0.339 e. The van der Waals surface area contributed by atoms with E-state index in [0.717, 1.165) is 49.2 Å². The lowest BCUT2D eigenvalue weighted by molar-refractivity contribution is -0.138. The van der Waals surface area contributed by atoms with Crippen LogP contribution >= 0.6 is 11.3 Å². The molecule has 1 aromatic heterocycles. The smallest absolute Gasteiger partial charge is 0.227 e. The fourth-order valence-corrected chi connectivity index (χ4v) is 3.61. The average Bonchev–Trinajstić information content (AvgIpc) is 2.75. The van der Waals surface area contributed by atoms with Crippen LogP contribution in [0.3, 0.4) is 0 Å². The molecule has 0 bridgehead atoms. The van der Waals surface area contributed by atoms with Crippen LogP contribution in [0, 0.1) is 6.92 Å². The van der Waals surface area contributed by atoms with Crippen molar-refractivity contribution in [1.82, 2.24) is 19.7 Å². The lowest BCUT2D eigenvalue weighted by Crippen LogP contribution is -2.64. The van der Waals surface area contributed by atoms with Crippen molar-refractivity contribution in [2.45, 2.75) is 19.4 Å². The van der Waals surface area contributed by atoms with E-state index in [1.165, 1.54) is 0 Å². The number of rotatable bonds is 3. The summed E-state index contributed by atoms with van der Waals surface area (Å²) in [6.45, 7) is 8.34. The molecule has 6 heteroatoms. The lowest BCUT2D eigenvalue weighted by Gasteiger charge is -2.47. The quantitative estimate of drug-likeness (QED) is 0.812. The highest BCUT2D eigenvalue weighted by Crippen LogP contribution is 2.19. The van der Waals surface area contributed by atoms with Gasteiger partial charge in [-0.15, -0.1) is 11.3 Å². The lowest BCUT2D eigenvalue weighted by atomic mass is 10.1. The highest BCUT2D eigenvalue weighted by Gasteiger charge is 2.35. The van der Waals surface area contributed by atoms with Gasteiger partial charge in [-0.05, 0) is 14.0 Å². The van der Waals surface area contributed by atoms with Gasteiger partial charge in [-0.25, -0.2) is 4.98 Å². The number of carbonyl (C=O) groups is 1. The van der Waals surface area contributed by atoms with E-state index in [9.17, 15) is 4.79 Å². The minimum atomic E-state index is 0.249. The van der Waals surface area contributed by atoms with Gasteiger partial charge in [0.15, 0.2) is 0 Å². The van der Waals surface area contributed by atoms with E-state index >= 15 is 0 Å². The van der Waals surface area contributed by atoms with Crippen molar-refractivity contribution in [3.05, 3.63) is 16.1 Å². The Labute approximate surface area is 124 Å². The molecule has 0 N–H and O–H groups in total. The summed E-state index contributed by atoms with van der Waals surface area (Å²) in [5.41, 5.74) is 0. The molecule has 2 fully saturated rings. The number of likely N-dealkylation sites (tertiary alicyclic amines) is 1. The predicted octanol–water partition coefficient (Wildman–Crippen LogP) is 0.452. The first-order valence-electron chi connectivity index (χ1n) is 7.23. The maximum atomic E-state index is 12.2. The van der Waals surface area contributed by atoms with Gasteiger partial charge in [0, 0.05) is 56.4 Å². The Morgan fingerprint density at radius 2 is 2.05 bits per heavy atom. The van der Waals surface area contributed by atoms with Crippen LogP contribution in [0.5, 0.6) is 0 Å². The van der Waals surface area contributed by atoms with Crippen LogP contribution in [0.25, 0.3) is 0 Å². The van der Waals surface area contributed by atoms with Crippen molar-refractivity contribution in [3.8, 4) is 0 Å². The van der Waals surface area contributed by atoms with Gasteiger partial charge in [0.05, 0.1) is 11.4 Å². The van der Waals surface area contributed by atoms with Crippen LogP contribution in [0.4, 0.5) is 0 Å². The Hall–Kier alpha value is -0.980. The van der Waals surface area contributed by atoms with Crippen LogP contribution in [0.2, 0.25) is 0 Å². The molecule has 20 heavy (non-hydrogen) atoms. The van der Waals surface area contributed by atoms with Gasteiger partial charge in [-0.3, -0.25) is 9.69 Å². The van der Waals surface area contributed by atoms with Crippen LogP contribution in [0.15, 0.2) is 6.20 Å². The number of nitrogens with zero attached hydrogens (tertiary/aromatic N) is 4. The second kappa shape index (κ2) is 5.79. The molecule has 2 saturated heterocycles. The van der Waals surface area contributed by atoms with E-state index in [0.29, 0.717) is 12.5 Å². The summed E-state index contributed by atoms with van der Waals surface area (Å²) in [7, 11) is 2.17. The summed E-state index contributed by atoms with van der Waals surface area (Å²) in [6, 6.07) is 0.579. The fourth-order valence-electron chi connectivity index (χ4n) is 2.82. The first-order chi connectivity index (χ1) is 9.61. The summed E-state index contributed by atoms with van der Waals surface area (Å²) in [4.78, 5) is 24.3. The summed E-state index contributed by atoms with van der Waals surface area (Å²) in [6.07, 6.45) is 2.34. The van der Waals surface area contributed by atoms with Crippen molar-refractivity contribution in [2.24, 2.45) is 0 Å². The third kappa shape index (κ3) is 3.02. The summed E-state index contributed by atoms with van der Waals surface area (Å²) in [5.74, 6) is 0.249. The topological polar surface area (TPSA) is 39.7 Å². The highest BCUT2D eigenvalue weighted by atomic mass is 32.1. The number of aromatic nitrogens is 1. The first kappa shape index (κ1) is 14.0. The van der Waals surface area contributed by atoms with Crippen molar-refractivity contribution in [1.29, 1.82) is 0 Å². The normalized spacial score (nSPS) is 22.0. The number of aryl methyl sites for hydroxylation is 1. The maximum absolute atomic E-state index is 12.2. The Kier molecular flexibility index (Phi) is 4.05. The Morgan fingerprint density at radius 1 is 1.35 bits per heavy atom. The third-order valence-electron chi connectivity index (χ3n) is 4.26. The van der Waals surface area contributed by atoms with Crippen molar-refractivity contribution in [2.75, 3.05) is 46.3 Å². The molecule has 5 nitrogen and oxygen atoms in total. The van der Waals surface area contributed by atoms with E-state index in [4.69, 9.17) is 0 Å². The molecule has 0 radical (unpaired) electrons. The number of hydrogen-bond acceptors (Lipinski definition) is 5. The first-order valence-corrected chi connectivity index (χ1v) is 8.05. The Bertz CT molecular complexity index is 475. The van der Waals surface area contributed by atoms with Gasteiger partial charge in [0.25, 0.3) is 0 Å². The molecule has 0 spiro atoms. The van der Waals surface area contributed by atoms with E-state index in [-0.39, 0.29) is 5.91 Å². The number of amides is 1. The summed E-state index contributed by atoms with van der Waals surface area (Å²) in [5, 5.41) is 1.03. The van der Waals surface area contributed by atoms with Gasteiger partial charge in [0.1, 0.15) is 0 Å². The summed E-state index contributed by atoms with van der Waals surface area (Å²) >= 11 is 1.62. The molecule has 3 heterocycles. The molecule has 2 aliphatic heterocycles. The van der Waals surface area contributed by atoms with Gasteiger partial charge in [-0.2, -0.15) is 0 Å². The van der Waals surface area contributed by atoms with E-state index in [1.807, 2.05) is 18.0 Å². The second-order valence-electron chi connectivity index (χ2n) is 5.81. The fraction of sp³-hybridized carbons (Fsp3) is 0.714. The minimum Gasteiger partial charge on any atom is -0.339 e. The molecular weight excluding hydrogens is 272 g/mol. The minimum absolute atomic E-state index is 0.249. The number of piperazine rings is 1. The van der Waals surface area contributed by atoms with Gasteiger partial charge >= 0.3 is 0 Å². The van der Waals surface area contributed by atoms with Gasteiger partial charge < -0.3 is 9.80 Å². The van der Waals surface area contributed by atoms with E-state index in [2.05, 4.69) is 21.8 Å². The Morgan fingerprint density at radius 3 is 2.65 bits per heavy atom. The monoisotopic (exact) mass is 294 g/mol. The second-order valence-corrected chi connectivity index (χ2v) is 7.13. The van der Waals surface area contributed by atoms with Crippen LogP contribution in [-0.4, -0.2) is 77.9 Å². The molecule has 0 aliphatic carbocycles. The number of hydrogen-bond donors (Lipinski definition) is 0. The van der Waals surface area contributed by atoms with E-state index in [1.54, 1.807) is 11.3 Å². The standard InChI is InChI=1S/C14H22N4OS/c1-11-15-8-13(20-11)7-14(19)18-9-12(10-18)17-5-3-16(2)4-6-17/h8,12H,3-7,9-10H2,1-2H3. The molecule has 1 amide bonds. The Balaban J connectivity index is 1.44.